The number of hydrogen-bond donors (Lipinski definition) is 2. The zero-order valence-electron chi connectivity index (χ0n) is 11.9. The number of hydrogen-bond acceptors (Lipinski definition) is 4. The number of phenols is 1. The number of halogens is 1. The van der Waals surface area contributed by atoms with Crippen LogP contribution in [0.25, 0.3) is 11.1 Å². The minimum Gasteiger partial charge on any atom is -0.502 e. The molecule has 0 saturated heterocycles. The molecule has 0 spiro atoms. The summed E-state index contributed by atoms with van der Waals surface area (Å²) in [5.74, 6) is -2.87. The van der Waals surface area contributed by atoms with Gasteiger partial charge in [-0.25, -0.2) is 9.18 Å². The van der Waals surface area contributed by atoms with Crippen molar-refractivity contribution in [3.63, 3.8) is 0 Å². The molecule has 0 atom stereocenters. The molecule has 0 aromatic heterocycles. The van der Waals surface area contributed by atoms with Crippen molar-refractivity contribution in [2.45, 2.75) is 19.3 Å². The number of aromatic carboxylic acids is 1. The summed E-state index contributed by atoms with van der Waals surface area (Å²) in [6.45, 7) is 0. The van der Waals surface area contributed by atoms with Crippen LogP contribution in [0.4, 0.5) is 10.1 Å². The van der Waals surface area contributed by atoms with Gasteiger partial charge in [0.2, 0.25) is 5.75 Å². The summed E-state index contributed by atoms with van der Waals surface area (Å²) in [5, 5.41) is 30.6. The van der Waals surface area contributed by atoms with Crippen LogP contribution in [0.15, 0.2) is 24.3 Å². The smallest absolute Gasteiger partial charge is 0.338 e. The lowest BCUT2D eigenvalue weighted by molar-refractivity contribution is -0.386. The molecule has 3 rings (SSSR count). The van der Waals surface area contributed by atoms with Gasteiger partial charge in [-0.2, -0.15) is 0 Å². The fourth-order valence-electron chi connectivity index (χ4n) is 2.98. The van der Waals surface area contributed by atoms with Crippen LogP contribution in [-0.2, 0) is 12.8 Å². The number of nitro groups is 1. The first-order valence-electron chi connectivity index (χ1n) is 6.95. The van der Waals surface area contributed by atoms with Gasteiger partial charge in [-0.05, 0) is 48.6 Å². The summed E-state index contributed by atoms with van der Waals surface area (Å²) in [6, 6.07) is 4.94. The Hall–Kier alpha value is -2.96. The Labute approximate surface area is 130 Å². The van der Waals surface area contributed by atoms with Crippen molar-refractivity contribution in [3.8, 4) is 16.9 Å². The number of carbonyl (C=O) groups is 1. The molecule has 2 N–H and O–H groups in total. The van der Waals surface area contributed by atoms with Gasteiger partial charge in [0.15, 0.2) is 0 Å². The van der Waals surface area contributed by atoms with Crippen molar-refractivity contribution in [2.24, 2.45) is 0 Å². The van der Waals surface area contributed by atoms with Crippen LogP contribution in [0.1, 0.15) is 27.9 Å². The Bertz CT molecular complexity index is 847. The second-order valence-electron chi connectivity index (χ2n) is 5.37. The third-order valence-corrected chi connectivity index (χ3v) is 4.03. The van der Waals surface area contributed by atoms with E-state index in [1.165, 1.54) is 6.07 Å². The number of rotatable bonds is 3. The monoisotopic (exact) mass is 317 g/mol. The summed E-state index contributed by atoms with van der Waals surface area (Å²) in [5.41, 5.74) is 0.725. The maximum atomic E-state index is 13.5. The average molecular weight is 317 g/mol. The lowest BCUT2D eigenvalue weighted by Gasteiger charge is -2.11. The van der Waals surface area contributed by atoms with E-state index in [-0.39, 0.29) is 16.8 Å². The average Bonchev–Trinajstić information content (AvgIpc) is 2.94. The normalized spacial score (nSPS) is 12.9. The van der Waals surface area contributed by atoms with E-state index in [0.29, 0.717) is 18.4 Å². The van der Waals surface area contributed by atoms with Crippen LogP contribution in [0, 0.1) is 15.9 Å². The summed E-state index contributed by atoms with van der Waals surface area (Å²) in [6.07, 6.45) is 1.92. The molecule has 0 radical (unpaired) electrons. The number of aryl methyl sites for hydroxylation is 1. The molecule has 0 aliphatic heterocycles. The van der Waals surface area contributed by atoms with Crippen LogP contribution in [-0.4, -0.2) is 21.1 Å². The second-order valence-corrected chi connectivity index (χ2v) is 5.37. The van der Waals surface area contributed by atoms with E-state index in [9.17, 15) is 24.4 Å². The van der Waals surface area contributed by atoms with Gasteiger partial charge >= 0.3 is 11.7 Å². The number of aromatic hydroxyl groups is 1. The third kappa shape index (κ3) is 2.40. The van der Waals surface area contributed by atoms with Gasteiger partial charge in [0.1, 0.15) is 5.82 Å². The lowest BCUT2D eigenvalue weighted by atomic mass is 9.96. The van der Waals surface area contributed by atoms with Gasteiger partial charge in [-0.1, -0.05) is 6.07 Å². The Kier molecular flexibility index (Phi) is 3.48. The fourth-order valence-corrected chi connectivity index (χ4v) is 2.98. The summed E-state index contributed by atoms with van der Waals surface area (Å²) in [7, 11) is 0. The van der Waals surface area contributed by atoms with Gasteiger partial charge in [0.25, 0.3) is 0 Å². The summed E-state index contributed by atoms with van der Waals surface area (Å²) < 4.78 is 13.5. The van der Waals surface area contributed by atoms with Crippen LogP contribution in [0.2, 0.25) is 0 Å². The highest BCUT2D eigenvalue weighted by Gasteiger charge is 2.29. The molecule has 0 unspecified atom stereocenters. The number of carboxylic acid groups (broad SMARTS) is 1. The Balaban J connectivity index is 2.26. The molecule has 7 heteroatoms. The van der Waals surface area contributed by atoms with Crippen molar-refractivity contribution in [1.82, 2.24) is 0 Å². The molecule has 118 valence electrons. The molecule has 0 amide bonds. The number of nitrogens with zero attached hydrogens (tertiary/aromatic N) is 1. The Morgan fingerprint density at radius 3 is 2.65 bits per heavy atom. The minimum absolute atomic E-state index is 0.139. The maximum Gasteiger partial charge on any atom is 0.338 e. The quantitative estimate of drug-likeness (QED) is 0.668. The van der Waals surface area contributed by atoms with Gasteiger partial charge in [0.05, 0.1) is 10.5 Å². The molecule has 0 saturated carbocycles. The summed E-state index contributed by atoms with van der Waals surface area (Å²) in [4.78, 5) is 21.7. The SMILES string of the molecule is O=C(O)c1cc(-c2cc3c(c([N+](=O)[O-])c2O)CCC3)ccc1F. The molecule has 2 aromatic carbocycles. The molecule has 6 nitrogen and oxygen atoms in total. The molecule has 0 fully saturated rings. The number of carboxylic acids is 1. The first-order chi connectivity index (χ1) is 10.9. The molecular weight excluding hydrogens is 305 g/mol. The van der Waals surface area contributed by atoms with Crippen LogP contribution >= 0.6 is 0 Å². The van der Waals surface area contributed by atoms with E-state index in [2.05, 4.69) is 0 Å². The van der Waals surface area contributed by atoms with Gasteiger partial charge in [-0.15, -0.1) is 0 Å². The third-order valence-electron chi connectivity index (χ3n) is 4.03. The molecule has 0 bridgehead atoms. The van der Waals surface area contributed by atoms with E-state index in [1.54, 1.807) is 6.07 Å². The first kappa shape index (κ1) is 15.0. The van der Waals surface area contributed by atoms with Crippen molar-refractivity contribution in [2.75, 3.05) is 0 Å². The molecule has 2 aromatic rings. The van der Waals surface area contributed by atoms with E-state index in [0.717, 1.165) is 24.1 Å². The van der Waals surface area contributed by atoms with Gasteiger partial charge < -0.3 is 10.2 Å². The minimum atomic E-state index is -1.44. The van der Waals surface area contributed by atoms with Crippen molar-refractivity contribution < 1.29 is 24.3 Å². The highest BCUT2D eigenvalue weighted by atomic mass is 19.1. The molecular formula is C16H12FNO5. The molecule has 1 aliphatic rings. The highest BCUT2D eigenvalue weighted by molar-refractivity contribution is 5.90. The van der Waals surface area contributed by atoms with Crippen molar-refractivity contribution >= 4 is 11.7 Å². The standard InChI is InChI=1S/C16H12FNO5/c17-13-5-4-9(7-12(13)16(20)21)11-6-8-2-1-3-10(8)14(15(11)19)18(22)23/h4-7,19H,1-3H2,(H,20,21). The Morgan fingerprint density at radius 1 is 1.26 bits per heavy atom. The van der Waals surface area contributed by atoms with E-state index >= 15 is 0 Å². The first-order valence-corrected chi connectivity index (χ1v) is 6.95. The maximum absolute atomic E-state index is 13.5. The second kappa shape index (κ2) is 5.35. The van der Waals surface area contributed by atoms with Gasteiger partial charge in [0, 0.05) is 11.1 Å². The topological polar surface area (TPSA) is 101 Å². The van der Waals surface area contributed by atoms with E-state index in [4.69, 9.17) is 5.11 Å². The predicted octanol–water partition coefficient (Wildman–Crippen LogP) is 3.29. The largest absolute Gasteiger partial charge is 0.502 e. The predicted molar refractivity (Wildman–Crippen MR) is 79.1 cm³/mol. The van der Waals surface area contributed by atoms with Crippen molar-refractivity contribution in [3.05, 3.63) is 56.9 Å². The van der Waals surface area contributed by atoms with Crippen LogP contribution in [0.3, 0.4) is 0 Å². The van der Waals surface area contributed by atoms with Crippen LogP contribution in [0.5, 0.6) is 5.75 Å². The highest BCUT2D eigenvalue weighted by Crippen LogP contribution is 2.44. The number of benzene rings is 2. The van der Waals surface area contributed by atoms with Crippen molar-refractivity contribution in [1.29, 1.82) is 0 Å². The molecule has 1 aliphatic carbocycles. The summed E-state index contributed by atoms with van der Waals surface area (Å²) >= 11 is 0. The van der Waals surface area contributed by atoms with E-state index < -0.39 is 28.0 Å². The van der Waals surface area contributed by atoms with Crippen LogP contribution < -0.4 is 0 Å². The fraction of sp³-hybridized carbons (Fsp3) is 0.188. The number of fused-ring (bicyclic) bond motifs is 1. The zero-order valence-corrected chi connectivity index (χ0v) is 11.9. The number of nitro benzene ring substituents is 1. The number of phenolic OH excluding ortho intramolecular Hbond substituents is 1. The molecule has 0 heterocycles. The zero-order chi connectivity index (χ0) is 16.7. The lowest BCUT2D eigenvalue weighted by Crippen LogP contribution is -2.01. The van der Waals surface area contributed by atoms with Gasteiger partial charge in [-0.3, -0.25) is 10.1 Å². The van der Waals surface area contributed by atoms with E-state index in [1.807, 2.05) is 0 Å². The molecule has 23 heavy (non-hydrogen) atoms. The Morgan fingerprint density at radius 2 is 2.00 bits per heavy atom.